The minimum Gasteiger partial charge on any atom is -0.854 e. The van der Waals surface area contributed by atoms with Crippen molar-refractivity contribution in [2.45, 2.75) is 19.8 Å². The third-order valence-corrected chi connectivity index (χ3v) is 2.80. The van der Waals surface area contributed by atoms with Crippen molar-refractivity contribution >= 4 is 0 Å². The third kappa shape index (κ3) is 3.96. The topological polar surface area (TPSA) is 46.1 Å². The Kier molecular flexibility index (Phi) is 10.4. The average molecular weight is 200 g/mol. The molecule has 0 radical (unpaired) electrons. The van der Waals surface area contributed by atoms with Gasteiger partial charge < -0.3 is 10.2 Å². The zero-order valence-corrected chi connectivity index (χ0v) is 12.9. The van der Waals surface area contributed by atoms with Gasteiger partial charge in [0.1, 0.15) is 0 Å². The van der Waals surface area contributed by atoms with E-state index >= 15 is 0 Å². The van der Waals surface area contributed by atoms with E-state index in [4.69, 9.17) is 0 Å². The van der Waals surface area contributed by atoms with E-state index in [1.165, 1.54) is 0 Å². The van der Waals surface area contributed by atoms with Crippen molar-refractivity contribution in [3.8, 4) is 0 Å². The normalized spacial score (nSPS) is 24.4. The first-order chi connectivity index (χ1) is 5.25. The molecule has 64 valence electrons. The molecule has 1 unspecified atom stereocenters. The Bertz CT molecular complexity index is 156. The van der Waals surface area contributed by atoms with Gasteiger partial charge in [-0.3, -0.25) is 0 Å². The molecular formula is C9H14Na2O2. The largest absolute Gasteiger partial charge is 1.00 e. The molecule has 0 heterocycles. The van der Waals surface area contributed by atoms with Gasteiger partial charge in [-0.1, -0.05) is 24.5 Å². The quantitative estimate of drug-likeness (QED) is 0.329. The van der Waals surface area contributed by atoms with Crippen molar-refractivity contribution in [3.05, 3.63) is 12.2 Å². The van der Waals surface area contributed by atoms with Crippen molar-refractivity contribution in [1.82, 2.24) is 0 Å². The fourth-order valence-electron chi connectivity index (χ4n) is 1.51. The fraction of sp³-hybridized carbons (Fsp3) is 0.778. The van der Waals surface area contributed by atoms with Gasteiger partial charge in [0.15, 0.2) is 0 Å². The molecule has 0 saturated heterocycles. The molecular weight excluding hydrogens is 186 g/mol. The maximum atomic E-state index is 10.8. The van der Waals surface area contributed by atoms with Crippen LogP contribution in [0.5, 0.6) is 0 Å². The first-order valence-electron chi connectivity index (χ1n) is 4.06. The van der Waals surface area contributed by atoms with Crippen molar-refractivity contribution in [1.29, 1.82) is 0 Å². The summed E-state index contributed by atoms with van der Waals surface area (Å²) >= 11 is 0. The van der Waals surface area contributed by atoms with Gasteiger partial charge in [0, 0.05) is 0 Å². The van der Waals surface area contributed by atoms with E-state index in [0.29, 0.717) is 6.42 Å². The maximum Gasteiger partial charge on any atom is 1.00 e. The second-order valence-corrected chi connectivity index (χ2v) is 3.46. The first-order valence-corrected chi connectivity index (χ1v) is 4.06. The van der Waals surface area contributed by atoms with E-state index in [9.17, 15) is 10.2 Å². The van der Waals surface area contributed by atoms with Gasteiger partial charge >= 0.3 is 59.1 Å². The number of allylic oxidation sites excluding steroid dienone is 2. The van der Waals surface area contributed by atoms with Crippen molar-refractivity contribution < 1.29 is 69.3 Å². The Balaban J connectivity index is 0. The Morgan fingerprint density at radius 1 is 1.23 bits per heavy atom. The molecule has 0 aromatic heterocycles. The van der Waals surface area contributed by atoms with Gasteiger partial charge in [-0.15, -0.1) is 13.2 Å². The molecule has 0 aromatic rings. The zero-order valence-electron chi connectivity index (χ0n) is 8.88. The summed E-state index contributed by atoms with van der Waals surface area (Å²) in [5, 5.41) is 21.6. The van der Waals surface area contributed by atoms with Crippen LogP contribution in [-0.4, -0.2) is 13.2 Å². The van der Waals surface area contributed by atoms with Gasteiger partial charge in [0.2, 0.25) is 0 Å². The Hall–Kier alpha value is 1.66. The molecule has 1 atom stereocenters. The molecule has 0 saturated carbocycles. The number of hydrogen-bond donors (Lipinski definition) is 0. The molecule has 0 spiro atoms. The summed E-state index contributed by atoms with van der Waals surface area (Å²) in [5.41, 5.74) is -0.477. The second kappa shape index (κ2) is 7.89. The molecule has 0 amide bonds. The van der Waals surface area contributed by atoms with Crippen LogP contribution in [-0.2, 0) is 0 Å². The summed E-state index contributed by atoms with van der Waals surface area (Å²) in [6.45, 7) is 1.56. The second-order valence-electron chi connectivity index (χ2n) is 3.46. The Morgan fingerprint density at radius 2 is 1.77 bits per heavy atom. The number of hydrogen-bond acceptors (Lipinski definition) is 2. The van der Waals surface area contributed by atoms with Crippen LogP contribution in [0.4, 0.5) is 0 Å². The Labute approximate surface area is 124 Å². The van der Waals surface area contributed by atoms with Crippen molar-refractivity contribution in [2.24, 2.45) is 11.3 Å². The average Bonchev–Trinajstić information content (AvgIpc) is 2.06. The molecule has 0 bridgehead atoms. The molecule has 2 nitrogen and oxygen atoms in total. The van der Waals surface area contributed by atoms with Crippen LogP contribution in [0.25, 0.3) is 0 Å². The summed E-state index contributed by atoms with van der Waals surface area (Å²) in [7, 11) is 0. The van der Waals surface area contributed by atoms with Gasteiger partial charge in [-0.25, -0.2) is 0 Å². The molecule has 1 aliphatic rings. The number of rotatable bonds is 2. The van der Waals surface area contributed by atoms with Crippen molar-refractivity contribution in [3.63, 3.8) is 0 Å². The van der Waals surface area contributed by atoms with Crippen LogP contribution in [0.15, 0.2) is 12.2 Å². The minimum atomic E-state index is -0.477. The zero-order chi connectivity index (χ0) is 8.32. The van der Waals surface area contributed by atoms with E-state index in [1.54, 1.807) is 0 Å². The van der Waals surface area contributed by atoms with Crippen molar-refractivity contribution in [2.75, 3.05) is 13.2 Å². The Morgan fingerprint density at radius 3 is 2.08 bits per heavy atom. The van der Waals surface area contributed by atoms with Gasteiger partial charge in [0.25, 0.3) is 0 Å². The third-order valence-electron chi connectivity index (χ3n) is 2.80. The predicted molar refractivity (Wildman–Crippen MR) is 39.7 cm³/mol. The predicted octanol–water partition coefficient (Wildman–Crippen LogP) is -6.31. The standard InChI is InChI=1S/C9H14O2.2Na/c1-8-4-2-3-5-9(8,6-10)7-11;;/h2-3,8H,4-7H2,1H3;;/q-2;2*+1. The van der Waals surface area contributed by atoms with Gasteiger partial charge in [-0.2, -0.15) is 0 Å². The monoisotopic (exact) mass is 200 g/mol. The van der Waals surface area contributed by atoms with Crippen LogP contribution < -0.4 is 69.3 Å². The van der Waals surface area contributed by atoms with Gasteiger partial charge in [-0.05, 0) is 18.8 Å². The SMILES string of the molecule is CC1CC=CCC1(C[O-])C[O-].[Na+].[Na+]. The summed E-state index contributed by atoms with van der Waals surface area (Å²) in [6.07, 6.45) is 5.61. The molecule has 0 N–H and O–H groups in total. The molecule has 0 aliphatic heterocycles. The maximum absolute atomic E-state index is 10.8. The minimum absolute atomic E-state index is 0. The van der Waals surface area contributed by atoms with E-state index in [2.05, 4.69) is 6.08 Å². The van der Waals surface area contributed by atoms with E-state index in [-0.39, 0.29) is 78.2 Å². The fourth-order valence-corrected chi connectivity index (χ4v) is 1.51. The summed E-state index contributed by atoms with van der Waals surface area (Å²) in [6, 6.07) is 0. The summed E-state index contributed by atoms with van der Waals surface area (Å²) in [5.74, 6) is 0.266. The van der Waals surface area contributed by atoms with Crippen LogP contribution in [0.3, 0.4) is 0 Å². The van der Waals surface area contributed by atoms with E-state index < -0.39 is 5.41 Å². The van der Waals surface area contributed by atoms with Crippen LogP contribution in [0, 0.1) is 11.3 Å². The van der Waals surface area contributed by atoms with Crippen LogP contribution in [0.1, 0.15) is 19.8 Å². The van der Waals surface area contributed by atoms with Crippen LogP contribution >= 0.6 is 0 Å². The molecule has 1 aliphatic carbocycles. The molecule has 1 rings (SSSR count). The summed E-state index contributed by atoms with van der Waals surface area (Å²) < 4.78 is 0. The molecule has 0 aromatic carbocycles. The van der Waals surface area contributed by atoms with E-state index in [1.807, 2.05) is 13.0 Å². The summed E-state index contributed by atoms with van der Waals surface area (Å²) in [4.78, 5) is 0. The van der Waals surface area contributed by atoms with Crippen LogP contribution in [0.2, 0.25) is 0 Å². The molecule has 4 heteroatoms. The van der Waals surface area contributed by atoms with Gasteiger partial charge in [0.05, 0.1) is 0 Å². The first kappa shape index (κ1) is 17.1. The molecule has 0 fully saturated rings. The van der Waals surface area contributed by atoms with E-state index in [0.717, 1.165) is 6.42 Å². The smallest absolute Gasteiger partial charge is 0.854 e. The molecule has 13 heavy (non-hydrogen) atoms.